The van der Waals surface area contributed by atoms with E-state index >= 15 is 0 Å². The maximum absolute atomic E-state index is 12.4. The molecule has 4 nitrogen and oxygen atoms in total. The molecule has 1 aromatic carbocycles. The first-order valence-corrected chi connectivity index (χ1v) is 7.10. The maximum atomic E-state index is 12.4. The second-order valence-electron chi connectivity index (χ2n) is 4.35. The van der Waals surface area contributed by atoms with E-state index in [-0.39, 0.29) is 5.92 Å². The lowest BCUT2D eigenvalue weighted by Gasteiger charge is -2.20. The van der Waals surface area contributed by atoms with Crippen molar-refractivity contribution in [2.45, 2.75) is 17.3 Å². The quantitative estimate of drug-likeness (QED) is 0.858. The number of sulfone groups is 1. The number of nitriles is 1. The second kappa shape index (κ2) is 5.71. The number of alkyl halides is 3. The molecule has 0 aromatic heterocycles. The molecule has 0 fully saturated rings. The Balaban J connectivity index is 2.99. The Bertz CT molecular complexity index is 603. The minimum absolute atomic E-state index is 0.251. The summed E-state index contributed by atoms with van der Waals surface area (Å²) in [5, 5.41) is 8.69. The molecule has 1 aromatic rings. The van der Waals surface area contributed by atoms with E-state index in [4.69, 9.17) is 5.26 Å². The van der Waals surface area contributed by atoms with Crippen molar-refractivity contribution in [3.8, 4) is 6.07 Å². The third kappa shape index (κ3) is 3.42. The van der Waals surface area contributed by atoms with Gasteiger partial charge in [0.25, 0.3) is 9.84 Å². The zero-order valence-electron chi connectivity index (χ0n) is 10.8. The van der Waals surface area contributed by atoms with Gasteiger partial charge < -0.3 is 4.90 Å². The summed E-state index contributed by atoms with van der Waals surface area (Å²) < 4.78 is 59.4. The fraction of sp³-hybridized carbons (Fsp3) is 0.417. The van der Waals surface area contributed by atoms with Crippen LogP contribution in [0.2, 0.25) is 0 Å². The molecule has 0 heterocycles. The zero-order chi connectivity index (χ0) is 15.6. The molecule has 1 rings (SSSR count). The fourth-order valence-electron chi connectivity index (χ4n) is 1.57. The number of nitrogens with zero attached hydrogens (tertiary/aromatic N) is 2. The van der Waals surface area contributed by atoms with Crippen molar-refractivity contribution in [1.29, 1.82) is 5.26 Å². The van der Waals surface area contributed by atoms with Gasteiger partial charge in [0.05, 0.1) is 16.9 Å². The molecule has 0 aliphatic rings. The van der Waals surface area contributed by atoms with Gasteiger partial charge in [-0.15, -0.1) is 0 Å². The molecule has 0 N–H and O–H groups in total. The normalized spacial score (nSPS) is 13.6. The summed E-state index contributed by atoms with van der Waals surface area (Å²) >= 11 is 0. The van der Waals surface area contributed by atoms with Gasteiger partial charge in [-0.05, 0) is 31.2 Å². The third-order valence-electron chi connectivity index (χ3n) is 2.66. The van der Waals surface area contributed by atoms with Crippen molar-refractivity contribution < 1.29 is 21.6 Å². The lowest BCUT2D eigenvalue weighted by Crippen LogP contribution is -2.24. The summed E-state index contributed by atoms with van der Waals surface area (Å²) in [6.45, 7) is 2.10. The third-order valence-corrected chi connectivity index (χ3v) is 4.16. The lowest BCUT2D eigenvalue weighted by molar-refractivity contribution is -0.0436. The SMILES string of the molecule is C[C@@H](C#N)CN(C)c1ccc(S(=O)(=O)C(F)(F)F)cc1. The van der Waals surface area contributed by atoms with Crippen LogP contribution in [0.3, 0.4) is 0 Å². The fourth-order valence-corrected chi connectivity index (χ4v) is 2.33. The van der Waals surface area contributed by atoms with Crippen LogP contribution >= 0.6 is 0 Å². The van der Waals surface area contributed by atoms with Gasteiger partial charge in [0.2, 0.25) is 0 Å². The minimum Gasteiger partial charge on any atom is -0.373 e. The Morgan fingerprint density at radius 3 is 2.20 bits per heavy atom. The highest BCUT2D eigenvalue weighted by Gasteiger charge is 2.46. The zero-order valence-corrected chi connectivity index (χ0v) is 11.7. The molecule has 8 heteroatoms. The van der Waals surface area contributed by atoms with E-state index in [1.165, 1.54) is 12.1 Å². The van der Waals surface area contributed by atoms with Crippen LogP contribution < -0.4 is 4.90 Å². The number of anilines is 1. The highest BCUT2D eigenvalue weighted by Crippen LogP contribution is 2.31. The van der Waals surface area contributed by atoms with Gasteiger partial charge in [-0.25, -0.2) is 8.42 Å². The van der Waals surface area contributed by atoms with Crippen LogP contribution in [-0.4, -0.2) is 27.5 Å². The monoisotopic (exact) mass is 306 g/mol. The first kappa shape index (κ1) is 16.3. The molecular formula is C12H13F3N2O2S. The van der Waals surface area contributed by atoms with Crippen molar-refractivity contribution in [2.75, 3.05) is 18.5 Å². The van der Waals surface area contributed by atoms with Gasteiger partial charge in [-0.3, -0.25) is 0 Å². The van der Waals surface area contributed by atoms with Gasteiger partial charge >= 0.3 is 5.51 Å². The molecule has 0 saturated heterocycles. The van der Waals surface area contributed by atoms with Crippen LogP contribution in [0.1, 0.15) is 6.92 Å². The van der Waals surface area contributed by atoms with Gasteiger partial charge in [0, 0.05) is 19.3 Å². The van der Waals surface area contributed by atoms with E-state index in [1.807, 2.05) is 6.07 Å². The highest BCUT2D eigenvalue weighted by molar-refractivity contribution is 7.92. The Morgan fingerprint density at radius 2 is 1.80 bits per heavy atom. The van der Waals surface area contributed by atoms with Gasteiger partial charge in [0.15, 0.2) is 0 Å². The summed E-state index contributed by atoms with van der Waals surface area (Å²) in [5.41, 5.74) is -4.77. The van der Waals surface area contributed by atoms with Crippen molar-refractivity contribution in [2.24, 2.45) is 5.92 Å². The number of hydrogen-bond donors (Lipinski definition) is 0. The molecule has 0 aliphatic carbocycles. The number of benzene rings is 1. The molecule has 20 heavy (non-hydrogen) atoms. The molecule has 1 atom stereocenters. The average Bonchev–Trinajstić information content (AvgIpc) is 2.37. The van der Waals surface area contributed by atoms with Crippen LogP contribution in [0, 0.1) is 17.2 Å². The van der Waals surface area contributed by atoms with E-state index in [0.717, 1.165) is 12.1 Å². The van der Waals surface area contributed by atoms with Crippen molar-refractivity contribution in [3.05, 3.63) is 24.3 Å². The number of rotatable bonds is 4. The molecular weight excluding hydrogens is 293 g/mol. The highest BCUT2D eigenvalue weighted by atomic mass is 32.2. The first-order chi connectivity index (χ1) is 9.09. The summed E-state index contributed by atoms with van der Waals surface area (Å²) in [6, 6.07) is 6.41. The Hall–Kier alpha value is -1.75. The molecule has 0 aliphatic heterocycles. The van der Waals surface area contributed by atoms with Gasteiger partial charge in [-0.1, -0.05) is 0 Å². The van der Waals surface area contributed by atoms with Gasteiger partial charge in [-0.2, -0.15) is 18.4 Å². The molecule has 110 valence electrons. The first-order valence-electron chi connectivity index (χ1n) is 5.61. The van der Waals surface area contributed by atoms with E-state index in [9.17, 15) is 21.6 Å². The largest absolute Gasteiger partial charge is 0.501 e. The summed E-state index contributed by atoms with van der Waals surface area (Å²) in [4.78, 5) is 0.869. The Kier molecular flexibility index (Phi) is 4.65. The van der Waals surface area contributed by atoms with Crippen LogP contribution in [0.25, 0.3) is 0 Å². The molecule has 0 bridgehead atoms. The minimum atomic E-state index is -5.32. The Morgan fingerprint density at radius 1 is 1.30 bits per heavy atom. The smallest absolute Gasteiger partial charge is 0.373 e. The molecule has 0 unspecified atom stereocenters. The molecule has 0 amide bonds. The van der Waals surface area contributed by atoms with Crippen LogP contribution in [0.4, 0.5) is 18.9 Å². The number of halogens is 3. The van der Waals surface area contributed by atoms with Crippen molar-refractivity contribution >= 4 is 15.5 Å². The molecule has 0 saturated carbocycles. The number of hydrogen-bond acceptors (Lipinski definition) is 4. The van der Waals surface area contributed by atoms with Crippen molar-refractivity contribution in [1.82, 2.24) is 0 Å². The van der Waals surface area contributed by atoms with E-state index in [1.54, 1.807) is 18.9 Å². The van der Waals surface area contributed by atoms with Crippen LogP contribution in [0.15, 0.2) is 29.2 Å². The van der Waals surface area contributed by atoms with Crippen LogP contribution in [-0.2, 0) is 9.84 Å². The second-order valence-corrected chi connectivity index (χ2v) is 6.29. The van der Waals surface area contributed by atoms with E-state index < -0.39 is 20.2 Å². The van der Waals surface area contributed by atoms with Crippen LogP contribution in [0.5, 0.6) is 0 Å². The molecule has 0 radical (unpaired) electrons. The van der Waals surface area contributed by atoms with Gasteiger partial charge in [0.1, 0.15) is 0 Å². The van der Waals surface area contributed by atoms with E-state index in [0.29, 0.717) is 12.2 Å². The average molecular weight is 306 g/mol. The summed E-state index contributed by atoms with van der Waals surface area (Å²) in [5.74, 6) is -0.251. The standard InChI is InChI=1S/C12H13F3N2O2S/c1-9(7-16)8-17(2)10-3-5-11(6-4-10)20(18,19)12(13,14)15/h3-6,9H,8H2,1-2H3/t9-/m0/s1. The van der Waals surface area contributed by atoms with E-state index in [2.05, 4.69) is 0 Å². The topological polar surface area (TPSA) is 61.2 Å². The van der Waals surface area contributed by atoms with Crippen molar-refractivity contribution in [3.63, 3.8) is 0 Å². The Labute approximate surface area is 115 Å². The predicted molar refractivity (Wildman–Crippen MR) is 67.7 cm³/mol. The summed E-state index contributed by atoms with van der Waals surface area (Å²) in [7, 11) is -3.65. The predicted octanol–water partition coefficient (Wildman–Crippen LogP) is 2.58. The summed E-state index contributed by atoms with van der Waals surface area (Å²) in [6.07, 6.45) is 0. The molecule has 0 spiro atoms. The lowest BCUT2D eigenvalue weighted by atomic mass is 10.2. The maximum Gasteiger partial charge on any atom is 0.501 e.